The molecule has 0 amide bonds. The zero-order valence-corrected chi connectivity index (χ0v) is 17.6. The second-order valence-corrected chi connectivity index (χ2v) is 8.55. The zero-order chi connectivity index (χ0) is 20.4. The quantitative estimate of drug-likeness (QED) is 0.524. The number of benzene rings is 3. The van der Waals surface area contributed by atoms with Gasteiger partial charge in [0.05, 0.1) is 24.6 Å². The lowest BCUT2D eigenvalue weighted by Gasteiger charge is -2.24. The van der Waals surface area contributed by atoms with Crippen molar-refractivity contribution in [2.24, 2.45) is 5.10 Å². The van der Waals surface area contributed by atoms with Crippen molar-refractivity contribution in [3.8, 4) is 5.75 Å². The van der Waals surface area contributed by atoms with Crippen molar-refractivity contribution in [3.63, 3.8) is 0 Å². The molecule has 1 aliphatic rings. The first-order chi connectivity index (χ1) is 14.0. The summed E-state index contributed by atoms with van der Waals surface area (Å²) in [5, 5.41) is 7.19. The van der Waals surface area contributed by atoms with Crippen molar-refractivity contribution in [2.45, 2.75) is 38.6 Å². The molecule has 3 heteroatoms. The molecule has 0 N–H and O–H groups in total. The molecule has 1 atom stereocenters. The van der Waals surface area contributed by atoms with Gasteiger partial charge in [-0.1, -0.05) is 75.4 Å². The lowest BCUT2D eigenvalue weighted by molar-refractivity contribution is 0.414. The minimum atomic E-state index is 0.151. The van der Waals surface area contributed by atoms with Crippen LogP contribution in [0.25, 0.3) is 0 Å². The maximum atomic E-state index is 5.33. The van der Waals surface area contributed by atoms with E-state index < -0.39 is 0 Å². The highest BCUT2D eigenvalue weighted by Gasteiger charge is 2.30. The average Bonchev–Trinajstić information content (AvgIpc) is 3.19. The highest BCUT2D eigenvalue weighted by molar-refractivity contribution is 6.03. The van der Waals surface area contributed by atoms with Gasteiger partial charge in [0.1, 0.15) is 5.75 Å². The van der Waals surface area contributed by atoms with Crippen molar-refractivity contribution >= 4 is 11.4 Å². The predicted octanol–water partition coefficient (Wildman–Crippen LogP) is 6.35. The normalized spacial score (nSPS) is 16.6. The maximum Gasteiger partial charge on any atom is 0.118 e. The Balaban J connectivity index is 1.68. The van der Waals surface area contributed by atoms with Crippen LogP contribution in [-0.2, 0) is 5.41 Å². The monoisotopic (exact) mass is 384 g/mol. The van der Waals surface area contributed by atoms with E-state index in [0.717, 1.165) is 23.6 Å². The third-order valence-electron chi connectivity index (χ3n) is 5.52. The number of ether oxygens (including phenoxy) is 1. The van der Waals surface area contributed by atoms with Gasteiger partial charge < -0.3 is 4.74 Å². The average molecular weight is 385 g/mol. The molecule has 3 nitrogen and oxygen atoms in total. The number of para-hydroxylation sites is 1. The van der Waals surface area contributed by atoms with Crippen LogP contribution in [0.4, 0.5) is 5.69 Å². The molecule has 29 heavy (non-hydrogen) atoms. The van der Waals surface area contributed by atoms with E-state index in [1.54, 1.807) is 7.11 Å². The molecular weight excluding hydrogens is 356 g/mol. The van der Waals surface area contributed by atoms with Crippen LogP contribution < -0.4 is 9.75 Å². The van der Waals surface area contributed by atoms with E-state index in [4.69, 9.17) is 9.84 Å². The third-order valence-corrected chi connectivity index (χ3v) is 5.52. The Bertz CT molecular complexity index is 984. The van der Waals surface area contributed by atoms with Crippen LogP contribution in [0.1, 0.15) is 49.9 Å². The summed E-state index contributed by atoms with van der Waals surface area (Å²) in [6, 6.07) is 27.8. The van der Waals surface area contributed by atoms with Crippen molar-refractivity contribution in [3.05, 3.63) is 95.6 Å². The number of anilines is 1. The van der Waals surface area contributed by atoms with Crippen LogP contribution in [0.3, 0.4) is 0 Å². The van der Waals surface area contributed by atoms with Crippen molar-refractivity contribution in [1.29, 1.82) is 0 Å². The molecule has 0 bridgehead atoms. The van der Waals surface area contributed by atoms with Crippen LogP contribution >= 0.6 is 0 Å². The van der Waals surface area contributed by atoms with E-state index in [0.29, 0.717) is 0 Å². The maximum absolute atomic E-state index is 5.33. The fourth-order valence-electron chi connectivity index (χ4n) is 3.75. The molecule has 0 aliphatic carbocycles. The molecule has 3 aromatic rings. The second-order valence-electron chi connectivity index (χ2n) is 8.55. The van der Waals surface area contributed by atoms with Gasteiger partial charge in [-0.2, -0.15) is 5.10 Å². The van der Waals surface area contributed by atoms with Crippen LogP contribution in [0, 0.1) is 0 Å². The van der Waals surface area contributed by atoms with Gasteiger partial charge in [0.2, 0.25) is 0 Å². The molecule has 0 saturated heterocycles. The number of hydrazone groups is 1. The van der Waals surface area contributed by atoms with E-state index >= 15 is 0 Å². The summed E-state index contributed by atoms with van der Waals surface area (Å²) in [5.41, 5.74) is 6.14. The van der Waals surface area contributed by atoms with E-state index in [1.165, 1.54) is 16.7 Å². The van der Waals surface area contributed by atoms with Crippen molar-refractivity contribution in [1.82, 2.24) is 0 Å². The molecule has 0 fully saturated rings. The zero-order valence-electron chi connectivity index (χ0n) is 17.6. The lowest BCUT2D eigenvalue weighted by atomic mass is 9.86. The Morgan fingerprint density at radius 2 is 1.52 bits per heavy atom. The molecule has 0 radical (unpaired) electrons. The van der Waals surface area contributed by atoms with Gasteiger partial charge in [0.15, 0.2) is 0 Å². The number of methoxy groups -OCH3 is 1. The van der Waals surface area contributed by atoms with Gasteiger partial charge in [-0.25, -0.2) is 0 Å². The Morgan fingerprint density at radius 3 is 2.10 bits per heavy atom. The van der Waals surface area contributed by atoms with E-state index in [9.17, 15) is 0 Å². The van der Waals surface area contributed by atoms with Gasteiger partial charge in [0.25, 0.3) is 0 Å². The molecule has 0 aromatic heterocycles. The Labute approximate surface area is 173 Å². The molecular formula is C26H28N2O. The standard InChI is InChI=1S/C26H28N2O/c1-26(2,3)21-14-10-19(11-15-21)24-18-25(20-12-16-23(29-4)17-13-20)28(27-24)22-8-6-5-7-9-22/h5-17,25H,18H2,1-4H3. The molecule has 0 spiro atoms. The summed E-state index contributed by atoms with van der Waals surface area (Å²) in [5.74, 6) is 0.872. The summed E-state index contributed by atoms with van der Waals surface area (Å²) in [4.78, 5) is 0. The highest BCUT2D eigenvalue weighted by Crippen LogP contribution is 2.37. The van der Waals surface area contributed by atoms with Crippen molar-refractivity contribution in [2.75, 3.05) is 12.1 Å². The van der Waals surface area contributed by atoms with Gasteiger partial charge >= 0.3 is 0 Å². The lowest BCUT2D eigenvalue weighted by Crippen LogP contribution is -2.18. The largest absolute Gasteiger partial charge is 0.497 e. The molecule has 4 rings (SSSR count). The summed E-state index contributed by atoms with van der Waals surface area (Å²) in [6.45, 7) is 6.73. The van der Waals surface area contributed by atoms with Gasteiger partial charge in [0, 0.05) is 6.42 Å². The highest BCUT2D eigenvalue weighted by atomic mass is 16.5. The van der Waals surface area contributed by atoms with Gasteiger partial charge in [-0.15, -0.1) is 0 Å². The SMILES string of the molecule is COc1ccc(C2CC(c3ccc(C(C)(C)C)cc3)=NN2c2ccccc2)cc1. The first-order valence-electron chi connectivity index (χ1n) is 10.1. The summed E-state index contributed by atoms with van der Waals surface area (Å²) < 4.78 is 5.33. The second kappa shape index (κ2) is 7.75. The minimum Gasteiger partial charge on any atom is -0.497 e. The number of nitrogens with zero attached hydrogens (tertiary/aromatic N) is 2. The fourth-order valence-corrected chi connectivity index (χ4v) is 3.75. The molecule has 1 heterocycles. The smallest absolute Gasteiger partial charge is 0.118 e. The summed E-state index contributed by atoms with van der Waals surface area (Å²) in [6.07, 6.45) is 0.871. The number of rotatable bonds is 4. The Hall–Kier alpha value is -3.07. The van der Waals surface area contributed by atoms with E-state index in [-0.39, 0.29) is 11.5 Å². The Morgan fingerprint density at radius 1 is 0.862 bits per heavy atom. The molecule has 1 aliphatic heterocycles. The minimum absolute atomic E-state index is 0.151. The van der Waals surface area contributed by atoms with E-state index in [1.807, 2.05) is 18.2 Å². The number of hydrogen-bond donors (Lipinski definition) is 0. The number of hydrogen-bond acceptors (Lipinski definition) is 3. The third kappa shape index (κ3) is 4.04. The van der Waals surface area contributed by atoms with Crippen LogP contribution in [0.2, 0.25) is 0 Å². The van der Waals surface area contributed by atoms with Crippen molar-refractivity contribution < 1.29 is 4.74 Å². The fraction of sp³-hybridized carbons (Fsp3) is 0.269. The van der Waals surface area contributed by atoms with Crippen LogP contribution in [0.15, 0.2) is 84.0 Å². The first kappa shape index (κ1) is 19.3. The molecule has 1 unspecified atom stereocenters. The van der Waals surface area contributed by atoms with Crippen LogP contribution in [0.5, 0.6) is 5.75 Å². The van der Waals surface area contributed by atoms with Gasteiger partial charge in [-0.05, 0) is 46.4 Å². The Kier molecular flexibility index (Phi) is 5.14. The summed E-state index contributed by atoms with van der Waals surface area (Å²) >= 11 is 0. The topological polar surface area (TPSA) is 24.8 Å². The van der Waals surface area contributed by atoms with Gasteiger partial charge in [-0.3, -0.25) is 5.01 Å². The molecule has 3 aromatic carbocycles. The first-order valence-corrected chi connectivity index (χ1v) is 10.1. The predicted molar refractivity (Wildman–Crippen MR) is 121 cm³/mol. The summed E-state index contributed by atoms with van der Waals surface area (Å²) in [7, 11) is 1.70. The van der Waals surface area contributed by atoms with Crippen LogP contribution in [-0.4, -0.2) is 12.8 Å². The molecule has 148 valence electrons. The molecule has 0 saturated carbocycles. The van der Waals surface area contributed by atoms with E-state index in [2.05, 4.69) is 86.4 Å².